The first kappa shape index (κ1) is 16.9. The summed E-state index contributed by atoms with van der Waals surface area (Å²) in [5.74, 6) is 1.42. The van der Waals surface area contributed by atoms with Crippen LogP contribution in [0.2, 0.25) is 0 Å². The molecule has 6 nitrogen and oxygen atoms in total. The molecule has 0 aliphatic carbocycles. The normalized spacial score (nSPS) is 16.0. The summed E-state index contributed by atoms with van der Waals surface area (Å²) in [6.07, 6.45) is 4.68. The third-order valence-corrected chi connectivity index (χ3v) is 6.00. The zero-order valence-electron chi connectivity index (χ0n) is 13.8. The summed E-state index contributed by atoms with van der Waals surface area (Å²) in [4.78, 5) is 8.70. The molecule has 0 amide bonds. The van der Waals surface area contributed by atoms with Crippen LogP contribution in [0.1, 0.15) is 30.7 Å². The maximum atomic E-state index is 12.7. The molecule has 1 fully saturated rings. The Bertz CT molecular complexity index is 802. The summed E-state index contributed by atoms with van der Waals surface area (Å²) in [6, 6.07) is 8.91. The second-order valence-electron chi connectivity index (χ2n) is 5.95. The number of hydrogen-bond donors (Lipinski definition) is 1. The molecule has 1 aromatic carbocycles. The first-order valence-electron chi connectivity index (χ1n) is 8.18. The quantitative estimate of drug-likeness (QED) is 0.900. The fraction of sp³-hybridized carbons (Fsp3) is 0.412. The molecule has 1 N–H and O–H groups in total. The van der Waals surface area contributed by atoms with Gasteiger partial charge in [0, 0.05) is 25.8 Å². The lowest BCUT2D eigenvalue weighted by molar-refractivity contribution is 0.346. The van der Waals surface area contributed by atoms with Crippen LogP contribution in [0.3, 0.4) is 0 Å². The highest BCUT2D eigenvalue weighted by Crippen LogP contribution is 2.21. The van der Waals surface area contributed by atoms with Crippen molar-refractivity contribution >= 4 is 15.8 Å². The number of benzene rings is 1. The molecular weight excluding hydrogens is 324 g/mol. The fourth-order valence-corrected chi connectivity index (χ4v) is 4.41. The average Bonchev–Trinajstić information content (AvgIpc) is 2.61. The van der Waals surface area contributed by atoms with Crippen LogP contribution in [0.15, 0.2) is 41.4 Å². The van der Waals surface area contributed by atoms with Crippen molar-refractivity contribution in [3.8, 4) is 0 Å². The van der Waals surface area contributed by atoms with Gasteiger partial charge in [-0.25, -0.2) is 18.4 Å². The van der Waals surface area contributed by atoms with Gasteiger partial charge in [-0.1, -0.05) is 18.6 Å². The molecule has 3 rings (SSSR count). The third-order valence-electron chi connectivity index (χ3n) is 4.10. The van der Waals surface area contributed by atoms with E-state index in [1.54, 1.807) is 34.8 Å². The molecule has 24 heavy (non-hydrogen) atoms. The molecule has 0 atom stereocenters. The maximum Gasteiger partial charge on any atom is 0.243 e. The molecule has 0 unspecified atom stereocenters. The van der Waals surface area contributed by atoms with Crippen LogP contribution < -0.4 is 5.32 Å². The van der Waals surface area contributed by atoms with Gasteiger partial charge in [0.25, 0.3) is 0 Å². The van der Waals surface area contributed by atoms with Gasteiger partial charge in [-0.05, 0) is 43.5 Å². The van der Waals surface area contributed by atoms with Gasteiger partial charge in [0.15, 0.2) is 0 Å². The van der Waals surface area contributed by atoms with Crippen molar-refractivity contribution in [3.63, 3.8) is 0 Å². The summed E-state index contributed by atoms with van der Waals surface area (Å²) in [5, 5.41) is 3.20. The number of hydrogen-bond acceptors (Lipinski definition) is 5. The Morgan fingerprint density at radius 2 is 1.96 bits per heavy atom. The van der Waals surface area contributed by atoms with Crippen LogP contribution in [0.4, 0.5) is 5.82 Å². The van der Waals surface area contributed by atoms with E-state index in [-0.39, 0.29) is 0 Å². The SMILES string of the molecule is Cc1nccc(NCc2cccc(S(=O)(=O)N3CCCCC3)c2)n1. The molecule has 2 aromatic rings. The van der Waals surface area contributed by atoms with Crippen LogP contribution in [0.25, 0.3) is 0 Å². The van der Waals surface area contributed by atoms with Crippen LogP contribution in [0.5, 0.6) is 0 Å². The molecule has 0 saturated carbocycles. The highest BCUT2D eigenvalue weighted by molar-refractivity contribution is 7.89. The smallest absolute Gasteiger partial charge is 0.243 e. The predicted molar refractivity (Wildman–Crippen MR) is 93.1 cm³/mol. The minimum Gasteiger partial charge on any atom is -0.366 e. The maximum absolute atomic E-state index is 12.7. The lowest BCUT2D eigenvalue weighted by Crippen LogP contribution is -2.35. The lowest BCUT2D eigenvalue weighted by Gasteiger charge is -2.26. The van der Waals surface area contributed by atoms with E-state index in [9.17, 15) is 8.42 Å². The molecular formula is C17H22N4O2S. The van der Waals surface area contributed by atoms with E-state index >= 15 is 0 Å². The Morgan fingerprint density at radius 3 is 2.71 bits per heavy atom. The Kier molecular flexibility index (Phi) is 5.11. The predicted octanol–water partition coefficient (Wildman–Crippen LogP) is 2.57. The number of nitrogens with zero attached hydrogens (tertiary/aromatic N) is 3. The number of aromatic nitrogens is 2. The zero-order valence-corrected chi connectivity index (χ0v) is 14.6. The van der Waals surface area contributed by atoms with E-state index in [1.165, 1.54) is 0 Å². The van der Waals surface area contributed by atoms with Crippen molar-refractivity contribution in [3.05, 3.63) is 47.9 Å². The molecule has 0 radical (unpaired) electrons. The summed E-state index contributed by atoms with van der Waals surface area (Å²) in [6.45, 7) is 3.58. The van der Waals surface area contributed by atoms with Crippen molar-refractivity contribution in [1.29, 1.82) is 0 Å². The average molecular weight is 346 g/mol. The second kappa shape index (κ2) is 7.27. The molecule has 128 valence electrons. The highest BCUT2D eigenvalue weighted by Gasteiger charge is 2.25. The van der Waals surface area contributed by atoms with Crippen molar-refractivity contribution in [1.82, 2.24) is 14.3 Å². The molecule has 1 aromatic heterocycles. The molecule has 7 heteroatoms. The monoisotopic (exact) mass is 346 g/mol. The minimum atomic E-state index is -3.39. The molecule has 0 bridgehead atoms. The summed E-state index contributed by atoms with van der Waals surface area (Å²) in [7, 11) is -3.39. The van der Waals surface area contributed by atoms with Crippen molar-refractivity contribution in [2.45, 2.75) is 37.6 Å². The van der Waals surface area contributed by atoms with Crippen LogP contribution in [-0.2, 0) is 16.6 Å². The summed E-state index contributed by atoms with van der Waals surface area (Å²) >= 11 is 0. The van der Waals surface area contributed by atoms with E-state index in [4.69, 9.17) is 0 Å². The Hall–Kier alpha value is -1.99. The van der Waals surface area contributed by atoms with Gasteiger partial charge in [0.05, 0.1) is 4.90 Å². The van der Waals surface area contributed by atoms with Gasteiger partial charge in [-0.3, -0.25) is 0 Å². The number of anilines is 1. The lowest BCUT2D eigenvalue weighted by atomic mass is 10.2. The standard InChI is InChI=1S/C17H22N4O2S/c1-14-18-9-8-17(20-14)19-13-15-6-5-7-16(12-15)24(22,23)21-10-3-2-4-11-21/h5-9,12H,2-4,10-11,13H2,1H3,(H,18,19,20). The molecule has 1 saturated heterocycles. The zero-order chi connectivity index (χ0) is 17.0. The molecule has 2 heterocycles. The van der Waals surface area contributed by atoms with E-state index < -0.39 is 10.0 Å². The minimum absolute atomic E-state index is 0.363. The largest absolute Gasteiger partial charge is 0.366 e. The summed E-state index contributed by atoms with van der Waals surface area (Å²) < 4.78 is 27.1. The van der Waals surface area contributed by atoms with Crippen LogP contribution in [-0.4, -0.2) is 35.8 Å². The highest BCUT2D eigenvalue weighted by atomic mass is 32.2. The van der Waals surface area contributed by atoms with Crippen molar-refractivity contribution in [2.75, 3.05) is 18.4 Å². The fourth-order valence-electron chi connectivity index (χ4n) is 2.82. The van der Waals surface area contributed by atoms with E-state index in [0.29, 0.717) is 30.4 Å². The summed E-state index contributed by atoms with van der Waals surface area (Å²) in [5.41, 5.74) is 0.907. The van der Waals surface area contributed by atoms with Gasteiger partial charge in [-0.15, -0.1) is 0 Å². The van der Waals surface area contributed by atoms with Gasteiger partial charge in [0.1, 0.15) is 11.6 Å². The van der Waals surface area contributed by atoms with Crippen molar-refractivity contribution < 1.29 is 8.42 Å². The number of nitrogens with one attached hydrogen (secondary N) is 1. The van der Waals surface area contributed by atoms with E-state index in [0.717, 1.165) is 30.6 Å². The Balaban J connectivity index is 1.74. The van der Waals surface area contributed by atoms with Gasteiger partial charge < -0.3 is 5.32 Å². The van der Waals surface area contributed by atoms with Crippen LogP contribution in [0, 0.1) is 6.92 Å². The molecule has 0 spiro atoms. The van der Waals surface area contributed by atoms with Gasteiger partial charge in [0.2, 0.25) is 10.0 Å². The second-order valence-corrected chi connectivity index (χ2v) is 7.89. The number of sulfonamides is 1. The number of aryl methyl sites for hydroxylation is 1. The molecule has 1 aliphatic rings. The third kappa shape index (κ3) is 3.91. The number of piperidine rings is 1. The van der Waals surface area contributed by atoms with E-state index in [2.05, 4.69) is 15.3 Å². The first-order valence-corrected chi connectivity index (χ1v) is 9.62. The van der Waals surface area contributed by atoms with E-state index in [1.807, 2.05) is 13.0 Å². The first-order chi connectivity index (χ1) is 11.6. The molecule has 1 aliphatic heterocycles. The topological polar surface area (TPSA) is 75.2 Å². The van der Waals surface area contributed by atoms with Crippen LogP contribution >= 0.6 is 0 Å². The Morgan fingerprint density at radius 1 is 1.17 bits per heavy atom. The number of rotatable bonds is 5. The van der Waals surface area contributed by atoms with Gasteiger partial charge >= 0.3 is 0 Å². The Labute approximate surface area is 143 Å². The van der Waals surface area contributed by atoms with Crippen molar-refractivity contribution in [2.24, 2.45) is 0 Å². The van der Waals surface area contributed by atoms with Gasteiger partial charge in [-0.2, -0.15) is 4.31 Å².